The van der Waals surface area contributed by atoms with Crippen molar-refractivity contribution >= 4 is 29.6 Å². The molecule has 1 unspecified atom stereocenters. The van der Waals surface area contributed by atoms with Crippen LogP contribution >= 0.6 is 0 Å². The second-order valence-electron chi connectivity index (χ2n) is 9.95. The molecule has 2 aromatic carbocycles. The van der Waals surface area contributed by atoms with E-state index in [2.05, 4.69) is 20.9 Å². The van der Waals surface area contributed by atoms with E-state index in [4.69, 9.17) is 14.6 Å². The summed E-state index contributed by atoms with van der Waals surface area (Å²) >= 11 is 0. The molecular formula is C32H37F3N4O7. The molecule has 0 fully saturated rings. The number of pyridine rings is 1. The maximum absolute atomic E-state index is 13.2. The van der Waals surface area contributed by atoms with Gasteiger partial charge in [0.15, 0.2) is 0 Å². The summed E-state index contributed by atoms with van der Waals surface area (Å²) in [6, 6.07) is 21.3. The number of unbranched alkanes of at least 4 members (excludes halogenated alkanes) is 1. The number of nitrogens with one attached hydrogen (secondary N) is 3. The Balaban J connectivity index is 0.000000942. The first-order valence-electron chi connectivity index (χ1n) is 14.3. The maximum atomic E-state index is 13.2. The lowest BCUT2D eigenvalue weighted by atomic mass is 9.98. The van der Waals surface area contributed by atoms with Crippen molar-refractivity contribution in [3.63, 3.8) is 0 Å². The summed E-state index contributed by atoms with van der Waals surface area (Å²) in [5.74, 6) is -3.71. The Bertz CT molecular complexity index is 1380. The predicted molar refractivity (Wildman–Crippen MR) is 164 cm³/mol. The number of carbonyl (C=O) groups is 4. The van der Waals surface area contributed by atoms with Crippen LogP contribution in [0, 0.1) is 0 Å². The molecule has 0 saturated heterocycles. The fourth-order valence-corrected chi connectivity index (χ4v) is 4.10. The third kappa shape index (κ3) is 14.2. The lowest BCUT2D eigenvalue weighted by molar-refractivity contribution is -0.192. The van der Waals surface area contributed by atoms with Crippen LogP contribution in [-0.4, -0.2) is 71.4 Å². The van der Waals surface area contributed by atoms with Crippen LogP contribution in [-0.2, 0) is 23.9 Å². The molecule has 46 heavy (non-hydrogen) atoms. The van der Waals surface area contributed by atoms with Crippen LogP contribution in [0.2, 0.25) is 0 Å². The zero-order valence-corrected chi connectivity index (χ0v) is 25.1. The van der Waals surface area contributed by atoms with Crippen molar-refractivity contribution in [1.82, 2.24) is 15.6 Å². The van der Waals surface area contributed by atoms with Crippen molar-refractivity contribution in [2.24, 2.45) is 0 Å². The molecule has 248 valence electrons. The molecule has 0 aliphatic heterocycles. The van der Waals surface area contributed by atoms with E-state index < -0.39 is 36.1 Å². The number of nitrogens with zero attached hydrogens (tertiary/aromatic N) is 1. The Labute approximate surface area is 264 Å². The molecule has 0 aliphatic rings. The third-order valence-corrected chi connectivity index (χ3v) is 6.42. The zero-order valence-electron chi connectivity index (χ0n) is 25.1. The van der Waals surface area contributed by atoms with Crippen LogP contribution in [0.4, 0.5) is 19.0 Å². The Kier molecular flexibility index (Phi) is 15.7. The van der Waals surface area contributed by atoms with Gasteiger partial charge in [0.25, 0.3) is 0 Å². The highest BCUT2D eigenvalue weighted by Crippen LogP contribution is 2.24. The number of alkyl halides is 3. The second-order valence-corrected chi connectivity index (χ2v) is 9.95. The summed E-state index contributed by atoms with van der Waals surface area (Å²) in [5, 5.41) is 25.4. The molecule has 2 atom stereocenters. The predicted octanol–water partition coefficient (Wildman–Crippen LogP) is 4.82. The van der Waals surface area contributed by atoms with Gasteiger partial charge in [-0.3, -0.25) is 14.4 Å². The Hall–Kier alpha value is -4.98. The topological polar surface area (TPSA) is 167 Å². The Morgan fingerprint density at radius 1 is 0.870 bits per heavy atom. The minimum atomic E-state index is -5.08. The number of benzene rings is 2. The van der Waals surface area contributed by atoms with Gasteiger partial charge in [0.05, 0.1) is 12.5 Å². The van der Waals surface area contributed by atoms with E-state index in [1.54, 1.807) is 6.20 Å². The molecule has 0 radical (unpaired) electrons. The molecule has 14 heteroatoms. The number of aliphatic carboxylic acids is 2. The summed E-state index contributed by atoms with van der Waals surface area (Å²) in [5.41, 5.74) is 2.69. The average molecular weight is 647 g/mol. The number of ether oxygens (including phenoxy) is 1. The zero-order chi connectivity index (χ0) is 34.0. The normalized spacial score (nSPS) is 12.1. The van der Waals surface area contributed by atoms with Crippen molar-refractivity contribution in [2.45, 2.75) is 50.4 Å². The smallest absolute Gasteiger partial charge is 0.481 e. The summed E-state index contributed by atoms with van der Waals surface area (Å²) in [6.07, 6.45) is -1.73. The molecule has 1 aromatic heterocycles. The number of rotatable bonds is 16. The lowest BCUT2D eigenvalue weighted by Crippen LogP contribution is -2.48. The largest absolute Gasteiger partial charge is 0.490 e. The van der Waals surface area contributed by atoms with Gasteiger partial charge in [-0.1, -0.05) is 60.7 Å². The van der Waals surface area contributed by atoms with Crippen LogP contribution in [0.5, 0.6) is 0 Å². The van der Waals surface area contributed by atoms with Crippen molar-refractivity contribution < 1.29 is 47.3 Å². The summed E-state index contributed by atoms with van der Waals surface area (Å²) in [7, 11) is 1.52. The lowest BCUT2D eigenvalue weighted by Gasteiger charge is -2.23. The highest BCUT2D eigenvalue weighted by molar-refractivity contribution is 5.88. The first kappa shape index (κ1) is 37.2. The molecule has 0 saturated carbocycles. The molecule has 2 amide bonds. The molecule has 5 N–H and O–H groups in total. The SMILES string of the molecule is COCC[C@H](NC(=O)CCCCNc1ccccn1)C(=O)NC(CC(=O)O)c1ccc(-c2ccccc2)cc1.O=C(O)C(F)(F)F. The van der Waals surface area contributed by atoms with Gasteiger partial charge >= 0.3 is 18.1 Å². The van der Waals surface area contributed by atoms with Gasteiger partial charge in [0, 0.05) is 32.9 Å². The number of carboxylic acids is 2. The van der Waals surface area contributed by atoms with E-state index >= 15 is 0 Å². The Morgan fingerprint density at radius 3 is 2.07 bits per heavy atom. The molecule has 1 heterocycles. The molecule has 3 rings (SSSR count). The number of amides is 2. The highest BCUT2D eigenvalue weighted by Gasteiger charge is 2.38. The van der Waals surface area contributed by atoms with Crippen molar-refractivity contribution in [2.75, 3.05) is 25.6 Å². The molecule has 0 bridgehead atoms. The monoisotopic (exact) mass is 646 g/mol. The minimum absolute atomic E-state index is 0.244. The van der Waals surface area contributed by atoms with Crippen LogP contribution in [0.3, 0.4) is 0 Å². The average Bonchev–Trinajstić information content (AvgIpc) is 3.03. The fraction of sp³-hybridized carbons (Fsp3) is 0.344. The van der Waals surface area contributed by atoms with E-state index in [0.29, 0.717) is 18.5 Å². The van der Waals surface area contributed by atoms with Crippen molar-refractivity contribution in [1.29, 1.82) is 0 Å². The number of methoxy groups -OCH3 is 1. The number of carboxylic acid groups (broad SMARTS) is 2. The van der Waals surface area contributed by atoms with Gasteiger partial charge in [-0.25, -0.2) is 9.78 Å². The van der Waals surface area contributed by atoms with Crippen LogP contribution in [0.25, 0.3) is 11.1 Å². The molecule has 11 nitrogen and oxygen atoms in total. The Morgan fingerprint density at radius 2 is 1.50 bits per heavy atom. The van der Waals surface area contributed by atoms with Gasteiger partial charge in [0.2, 0.25) is 11.8 Å². The number of anilines is 1. The standard InChI is InChI=1S/C30H36N4O5.C2HF3O2/c1-39-20-17-25(33-28(35)12-6-8-19-32-27-11-5-7-18-31-27)30(38)34-26(21-29(36)37)24-15-13-23(14-16-24)22-9-3-2-4-10-22;3-2(4,5)1(6)7/h2-5,7,9-11,13-16,18,25-26H,6,8,12,17,19-21H2,1H3,(H,31,32)(H,33,35)(H,34,38)(H,36,37);(H,6,7)/t25-,26?;/m0./s1. The van der Waals surface area contributed by atoms with Gasteiger partial charge in [-0.15, -0.1) is 0 Å². The summed E-state index contributed by atoms with van der Waals surface area (Å²) in [6.45, 7) is 0.944. The van der Waals surface area contributed by atoms with E-state index in [-0.39, 0.29) is 31.8 Å². The second kappa shape index (κ2) is 19.4. The van der Waals surface area contributed by atoms with Crippen LogP contribution in [0.15, 0.2) is 79.0 Å². The molecule has 0 aliphatic carbocycles. The van der Waals surface area contributed by atoms with E-state index in [0.717, 1.165) is 23.4 Å². The van der Waals surface area contributed by atoms with E-state index in [9.17, 15) is 32.7 Å². The quantitative estimate of drug-likeness (QED) is 0.137. The summed E-state index contributed by atoms with van der Waals surface area (Å²) < 4.78 is 36.9. The molecule has 0 spiro atoms. The van der Waals surface area contributed by atoms with Gasteiger partial charge < -0.3 is 30.9 Å². The maximum Gasteiger partial charge on any atom is 0.490 e. The van der Waals surface area contributed by atoms with Gasteiger partial charge in [0.1, 0.15) is 11.9 Å². The van der Waals surface area contributed by atoms with Crippen molar-refractivity contribution in [3.05, 3.63) is 84.6 Å². The number of carbonyl (C=O) groups excluding carboxylic acids is 2. The number of halogens is 3. The van der Waals surface area contributed by atoms with Crippen LogP contribution in [0.1, 0.15) is 43.7 Å². The highest BCUT2D eigenvalue weighted by atomic mass is 19.4. The number of hydrogen-bond acceptors (Lipinski definition) is 7. The van der Waals surface area contributed by atoms with Gasteiger partial charge in [-0.05, 0) is 48.1 Å². The summed E-state index contributed by atoms with van der Waals surface area (Å²) in [4.78, 5) is 50.5. The molecule has 3 aromatic rings. The minimum Gasteiger partial charge on any atom is -0.481 e. The van der Waals surface area contributed by atoms with E-state index in [1.807, 2.05) is 72.8 Å². The van der Waals surface area contributed by atoms with E-state index in [1.165, 1.54) is 7.11 Å². The fourth-order valence-electron chi connectivity index (χ4n) is 4.10. The number of aromatic nitrogens is 1. The number of hydrogen-bond donors (Lipinski definition) is 5. The van der Waals surface area contributed by atoms with Gasteiger partial charge in [-0.2, -0.15) is 13.2 Å². The van der Waals surface area contributed by atoms with Crippen molar-refractivity contribution in [3.8, 4) is 11.1 Å². The van der Waals surface area contributed by atoms with Crippen LogP contribution < -0.4 is 16.0 Å². The molecular weight excluding hydrogens is 609 g/mol. The first-order valence-corrected chi connectivity index (χ1v) is 14.3. The first-order chi connectivity index (χ1) is 21.9. The third-order valence-electron chi connectivity index (χ3n) is 6.42.